The van der Waals surface area contributed by atoms with Crippen LogP contribution in [0.5, 0.6) is 0 Å². The molecule has 0 unspecified atom stereocenters. The number of unbranched alkanes of at least 4 members (excludes halogenated alkanes) is 1. The van der Waals surface area contributed by atoms with Gasteiger partial charge >= 0.3 is 5.97 Å². The smallest absolute Gasteiger partial charge is 0.333 e. The van der Waals surface area contributed by atoms with Crippen LogP contribution in [-0.4, -0.2) is 37.1 Å². The zero-order valence-electron chi connectivity index (χ0n) is 10.2. The molecule has 3 heteroatoms. The van der Waals surface area contributed by atoms with E-state index >= 15 is 0 Å². The molecule has 0 bridgehead atoms. The molecule has 0 aromatic rings. The number of hydrogen-bond acceptors (Lipinski definition) is 3. The minimum absolute atomic E-state index is 0.280. The largest absolute Gasteiger partial charge is 0.462 e. The molecule has 0 spiro atoms. The van der Waals surface area contributed by atoms with Gasteiger partial charge in [-0.2, -0.15) is 0 Å². The van der Waals surface area contributed by atoms with Crippen molar-refractivity contribution >= 4 is 5.97 Å². The Labute approximate surface area is 93.1 Å². The highest BCUT2D eigenvalue weighted by Gasteiger charge is 2.02. The summed E-state index contributed by atoms with van der Waals surface area (Å²) in [6.45, 7) is 13.3. The van der Waals surface area contributed by atoms with Crippen LogP contribution >= 0.6 is 0 Å². The first-order valence-electron chi connectivity index (χ1n) is 5.66. The third-order valence-electron chi connectivity index (χ3n) is 2.34. The highest BCUT2D eigenvalue weighted by molar-refractivity contribution is 5.86. The van der Waals surface area contributed by atoms with E-state index in [1.165, 1.54) is 0 Å². The molecule has 0 amide bonds. The Morgan fingerprint density at radius 2 is 1.87 bits per heavy atom. The Morgan fingerprint density at radius 1 is 1.27 bits per heavy atom. The maximum atomic E-state index is 11.0. The highest BCUT2D eigenvalue weighted by atomic mass is 16.5. The molecule has 0 aromatic heterocycles. The number of carbonyl (C=O) groups excluding carboxylic acids is 1. The number of ether oxygens (including phenoxy) is 1. The van der Waals surface area contributed by atoms with Crippen LogP contribution in [0.25, 0.3) is 0 Å². The van der Waals surface area contributed by atoms with Crippen molar-refractivity contribution in [3.05, 3.63) is 12.2 Å². The van der Waals surface area contributed by atoms with Crippen LogP contribution in [0.1, 0.15) is 33.6 Å². The average Bonchev–Trinajstić information content (AvgIpc) is 2.23. The van der Waals surface area contributed by atoms with Crippen molar-refractivity contribution < 1.29 is 9.53 Å². The second-order valence-corrected chi connectivity index (χ2v) is 3.65. The summed E-state index contributed by atoms with van der Waals surface area (Å²) in [6.07, 6.45) is 2.00. The van der Waals surface area contributed by atoms with Gasteiger partial charge in [-0.15, -0.1) is 0 Å². The zero-order chi connectivity index (χ0) is 11.7. The first-order valence-corrected chi connectivity index (χ1v) is 5.66. The molecule has 0 radical (unpaired) electrons. The van der Waals surface area contributed by atoms with Crippen molar-refractivity contribution in [2.75, 3.05) is 26.2 Å². The molecule has 0 fully saturated rings. The van der Waals surface area contributed by atoms with E-state index in [9.17, 15) is 4.79 Å². The minimum atomic E-state index is -0.280. The van der Waals surface area contributed by atoms with Gasteiger partial charge in [0.1, 0.15) is 0 Å². The lowest BCUT2D eigenvalue weighted by molar-refractivity contribution is -0.139. The molecule has 0 aromatic carbocycles. The van der Waals surface area contributed by atoms with E-state index in [1.54, 1.807) is 6.92 Å². The molecule has 0 aliphatic heterocycles. The van der Waals surface area contributed by atoms with Gasteiger partial charge in [0, 0.05) is 5.57 Å². The van der Waals surface area contributed by atoms with Gasteiger partial charge in [0.2, 0.25) is 0 Å². The van der Waals surface area contributed by atoms with Crippen LogP contribution in [0, 0.1) is 0 Å². The van der Waals surface area contributed by atoms with Crippen molar-refractivity contribution in [1.29, 1.82) is 0 Å². The van der Waals surface area contributed by atoms with Crippen LogP contribution in [0.4, 0.5) is 0 Å². The van der Waals surface area contributed by atoms with Crippen molar-refractivity contribution in [2.24, 2.45) is 0 Å². The summed E-state index contributed by atoms with van der Waals surface area (Å²) in [7, 11) is 0. The maximum absolute atomic E-state index is 11.0. The minimum Gasteiger partial charge on any atom is -0.462 e. The lowest BCUT2D eigenvalue weighted by atomic mass is 10.3. The van der Waals surface area contributed by atoms with Crippen LogP contribution in [0.15, 0.2) is 12.2 Å². The summed E-state index contributed by atoms with van der Waals surface area (Å²) < 4.78 is 5.00. The SMILES string of the molecule is C=C(C)C(=O)OCCCCN(CC)CC. The highest BCUT2D eigenvalue weighted by Crippen LogP contribution is 1.98. The normalized spacial score (nSPS) is 10.4. The van der Waals surface area contributed by atoms with Crippen molar-refractivity contribution in [1.82, 2.24) is 4.90 Å². The van der Waals surface area contributed by atoms with E-state index in [-0.39, 0.29) is 5.97 Å². The van der Waals surface area contributed by atoms with E-state index in [4.69, 9.17) is 4.74 Å². The van der Waals surface area contributed by atoms with Crippen molar-refractivity contribution in [2.45, 2.75) is 33.6 Å². The van der Waals surface area contributed by atoms with Crippen molar-refractivity contribution in [3.8, 4) is 0 Å². The predicted molar refractivity (Wildman–Crippen MR) is 62.8 cm³/mol. The molecule has 3 nitrogen and oxygen atoms in total. The Hall–Kier alpha value is -0.830. The Morgan fingerprint density at radius 3 is 2.33 bits per heavy atom. The third kappa shape index (κ3) is 7.14. The summed E-state index contributed by atoms with van der Waals surface area (Å²) in [5.74, 6) is -0.280. The van der Waals surface area contributed by atoms with Crippen LogP contribution in [0.3, 0.4) is 0 Å². The van der Waals surface area contributed by atoms with Gasteiger partial charge in [0.05, 0.1) is 6.61 Å². The topological polar surface area (TPSA) is 29.5 Å². The maximum Gasteiger partial charge on any atom is 0.333 e. The molecule has 0 heterocycles. The molecular weight excluding hydrogens is 190 g/mol. The van der Waals surface area contributed by atoms with Crippen LogP contribution in [-0.2, 0) is 9.53 Å². The summed E-state index contributed by atoms with van der Waals surface area (Å²) in [4.78, 5) is 13.4. The molecule has 0 aliphatic rings. The van der Waals surface area contributed by atoms with Gasteiger partial charge in [0.25, 0.3) is 0 Å². The predicted octanol–water partition coefficient (Wildman–Crippen LogP) is 2.23. The van der Waals surface area contributed by atoms with Gasteiger partial charge < -0.3 is 9.64 Å². The van der Waals surface area contributed by atoms with E-state index in [1.807, 2.05) is 0 Å². The lowest BCUT2D eigenvalue weighted by Crippen LogP contribution is -2.24. The quantitative estimate of drug-likeness (QED) is 0.352. The van der Waals surface area contributed by atoms with E-state index in [0.717, 1.165) is 32.5 Å². The molecule has 15 heavy (non-hydrogen) atoms. The van der Waals surface area contributed by atoms with Crippen molar-refractivity contribution in [3.63, 3.8) is 0 Å². The fourth-order valence-electron chi connectivity index (χ4n) is 1.27. The zero-order valence-corrected chi connectivity index (χ0v) is 10.2. The van der Waals surface area contributed by atoms with Gasteiger partial charge in [-0.25, -0.2) is 4.79 Å². The number of rotatable bonds is 8. The first kappa shape index (κ1) is 14.2. The molecule has 0 N–H and O–H groups in total. The van der Waals surface area contributed by atoms with Gasteiger partial charge in [-0.05, 0) is 39.4 Å². The number of esters is 1. The summed E-state index contributed by atoms with van der Waals surface area (Å²) >= 11 is 0. The lowest BCUT2D eigenvalue weighted by Gasteiger charge is -2.17. The van der Waals surface area contributed by atoms with E-state index in [2.05, 4.69) is 25.3 Å². The average molecular weight is 213 g/mol. The molecule has 0 atom stereocenters. The first-order chi connectivity index (χ1) is 7.11. The Bertz CT molecular complexity index is 198. The second-order valence-electron chi connectivity index (χ2n) is 3.65. The van der Waals surface area contributed by atoms with E-state index in [0.29, 0.717) is 12.2 Å². The second kappa shape index (κ2) is 8.48. The molecule has 0 rings (SSSR count). The standard InChI is InChI=1S/C12H23NO2/c1-5-13(6-2)9-7-8-10-15-12(14)11(3)4/h3,5-10H2,1-2,4H3. The van der Waals surface area contributed by atoms with Crippen LogP contribution in [0.2, 0.25) is 0 Å². The third-order valence-corrected chi connectivity index (χ3v) is 2.34. The fraction of sp³-hybridized carbons (Fsp3) is 0.750. The molecule has 88 valence electrons. The number of hydrogen-bond donors (Lipinski definition) is 0. The van der Waals surface area contributed by atoms with Gasteiger partial charge in [-0.1, -0.05) is 20.4 Å². The Balaban J connectivity index is 3.39. The molecule has 0 aliphatic carbocycles. The fourth-order valence-corrected chi connectivity index (χ4v) is 1.27. The van der Waals surface area contributed by atoms with E-state index < -0.39 is 0 Å². The Kier molecular flexibility index (Phi) is 8.01. The summed E-state index contributed by atoms with van der Waals surface area (Å²) in [6, 6.07) is 0. The van der Waals surface area contributed by atoms with Crippen LogP contribution < -0.4 is 0 Å². The summed E-state index contributed by atoms with van der Waals surface area (Å²) in [5.41, 5.74) is 0.471. The molecule has 0 saturated carbocycles. The number of nitrogens with zero attached hydrogens (tertiary/aromatic N) is 1. The molecule has 0 saturated heterocycles. The molecular formula is C12H23NO2. The number of carbonyl (C=O) groups is 1. The van der Waals surface area contributed by atoms with Gasteiger partial charge in [0.15, 0.2) is 0 Å². The summed E-state index contributed by atoms with van der Waals surface area (Å²) in [5, 5.41) is 0. The monoisotopic (exact) mass is 213 g/mol. The van der Waals surface area contributed by atoms with Gasteiger partial charge in [-0.3, -0.25) is 0 Å².